The molecule has 0 aliphatic heterocycles. The van der Waals surface area contributed by atoms with E-state index in [9.17, 15) is 18.3 Å². The molecule has 0 saturated heterocycles. The minimum atomic E-state index is -4.21. The Morgan fingerprint density at radius 2 is 1.84 bits per heavy atom. The SMILES string of the molecule is Cc1ccc(-n2ccc3cc(N(CC(=O)O)S(=O)(=O)c4cc(C)nc(Cl)c4)ccc32)nn1. The van der Waals surface area contributed by atoms with Crippen LogP contribution in [0.3, 0.4) is 0 Å². The lowest BCUT2D eigenvalue weighted by molar-refractivity contribution is -0.135. The quantitative estimate of drug-likeness (QED) is 0.428. The second-order valence-electron chi connectivity index (χ2n) is 7.13. The van der Waals surface area contributed by atoms with E-state index in [0.717, 1.165) is 15.5 Å². The lowest BCUT2D eigenvalue weighted by Gasteiger charge is -2.23. The number of aryl methyl sites for hydroxylation is 2. The number of carboxylic acids is 1. The highest BCUT2D eigenvalue weighted by Gasteiger charge is 2.28. The van der Waals surface area contributed by atoms with E-state index in [1.54, 1.807) is 37.4 Å². The van der Waals surface area contributed by atoms with Crippen molar-refractivity contribution in [1.82, 2.24) is 19.7 Å². The lowest BCUT2D eigenvalue weighted by atomic mass is 10.2. The van der Waals surface area contributed by atoms with Crippen LogP contribution in [0.4, 0.5) is 5.69 Å². The number of aliphatic carboxylic acids is 1. The fourth-order valence-corrected chi connectivity index (χ4v) is 5.14. The van der Waals surface area contributed by atoms with Crippen LogP contribution in [0.5, 0.6) is 0 Å². The van der Waals surface area contributed by atoms with Crippen molar-refractivity contribution in [3.05, 3.63) is 71.3 Å². The highest BCUT2D eigenvalue weighted by molar-refractivity contribution is 7.92. The van der Waals surface area contributed by atoms with Gasteiger partial charge in [0.05, 0.1) is 21.8 Å². The predicted octanol–water partition coefficient (Wildman–Crippen LogP) is 3.37. The molecule has 32 heavy (non-hydrogen) atoms. The van der Waals surface area contributed by atoms with Gasteiger partial charge in [0.15, 0.2) is 5.82 Å². The number of hydrogen-bond donors (Lipinski definition) is 1. The molecule has 0 unspecified atom stereocenters. The van der Waals surface area contributed by atoms with Crippen molar-refractivity contribution in [2.24, 2.45) is 0 Å². The van der Waals surface area contributed by atoms with Crippen molar-refractivity contribution in [2.75, 3.05) is 10.8 Å². The largest absolute Gasteiger partial charge is 0.480 e. The van der Waals surface area contributed by atoms with Crippen molar-refractivity contribution in [3.63, 3.8) is 0 Å². The Labute approximate surface area is 189 Å². The van der Waals surface area contributed by atoms with Crippen LogP contribution in [0.15, 0.2) is 59.6 Å². The van der Waals surface area contributed by atoms with Crippen molar-refractivity contribution in [1.29, 1.82) is 0 Å². The maximum Gasteiger partial charge on any atom is 0.324 e. The first kappa shape index (κ1) is 21.7. The summed E-state index contributed by atoms with van der Waals surface area (Å²) in [5.74, 6) is -0.687. The average molecular weight is 472 g/mol. The fraction of sp³-hybridized carbons (Fsp3) is 0.143. The molecule has 0 bridgehead atoms. The van der Waals surface area contributed by atoms with Gasteiger partial charge in [-0.2, -0.15) is 5.10 Å². The van der Waals surface area contributed by atoms with Crippen molar-refractivity contribution in [3.8, 4) is 5.82 Å². The maximum atomic E-state index is 13.3. The van der Waals surface area contributed by atoms with Crippen LogP contribution in [0.1, 0.15) is 11.4 Å². The van der Waals surface area contributed by atoms with Crippen LogP contribution in [0, 0.1) is 13.8 Å². The molecule has 0 saturated carbocycles. The van der Waals surface area contributed by atoms with Gasteiger partial charge in [-0.1, -0.05) is 11.6 Å². The number of pyridine rings is 1. The summed E-state index contributed by atoms with van der Waals surface area (Å²) >= 11 is 5.94. The summed E-state index contributed by atoms with van der Waals surface area (Å²) in [6, 6.07) is 12.9. The maximum absolute atomic E-state index is 13.3. The third kappa shape index (κ3) is 4.14. The van der Waals surface area contributed by atoms with E-state index in [-0.39, 0.29) is 15.7 Å². The number of fused-ring (bicyclic) bond motifs is 1. The third-order valence-electron chi connectivity index (χ3n) is 4.75. The molecular formula is C21H18ClN5O4S. The summed E-state index contributed by atoms with van der Waals surface area (Å²) in [5, 5.41) is 18.3. The Hall–Kier alpha value is -3.50. The Bertz CT molecular complexity index is 1410. The molecule has 0 amide bonds. The molecule has 3 aromatic heterocycles. The molecule has 11 heteroatoms. The number of carboxylic acid groups (broad SMARTS) is 1. The van der Waals surface area contributed by atoms with Crippen LogP contribution in [-0.4, -0.2) is 45.8 Å². The number of sulfonamides is 1. The van der Waals surface area contributed by atoms with Crippen molar-refractivity contribution >= 4 is 44.2 Å². The highest BCUT2D eigenvalue weighted by Crippen LogP contribution is 2.29. The van der Waals surface area contributed by atoms with E-state index in [0.29, 0.717) is 16.9 Å². The van der Waals surface area contributed by atoms with E-state index in [1.807, 2.05) is 23.6 Å². The van der Waals surface area contributed by atoms with Crippen LogP contribution in [0.2, 0.25) is 5.15 Å². The number of benzene rings is 1. The normalized spacial score (nSPS) is 11.6. The zero-order valence-corrected chi connectivity index (χ0v) is 18.7. The van der Waals surface area contributed by atoms with E-state index in [2.05, 4.69) is 15.2 Å². The van der Waals surface area contributed by atoms with Crippen LogP contribution < -0.4 is 4.31 Å². The molecular weight excluding hydrogens is 454 g/mol. The van der Waals surface area contributed by atoms with Gasteiger partial charge in [-0.15, -0.1) is 5.10 Å². The van der Waals surface area contributed by atoms with Crippen molar-refractivity contribution < 1.29 is 18.3 Å². The zero-order valence-electron chi connectivity index (χ0n) is 17.1. The summed E-state index contributed by atoms with van der Waals surface area (Å²) in [5.41, 5.74) is 2.16. The third-order valence-corrected chi connectivity index (χ3v) is 6.70. The minimum Gasteiger partial charge on any atom is -0.480 e. The Morgan fingerprint density at radius 3 is 2.50 bits per heavy atom. The minimum absolute atomic E-state index is 0.00517. The van der Waals surface area contributed by atoms with Gasteiger partial charge in [0.1, 0.15) is 11.7 Å². The Kier molecular flexibility index (Phi) is 5.57. The number of anilines is 1. The fourth-order valence-electron chi connectivity index (χ4n) is 3.32. The molecule has 0 atom stereocenters. The first-order valence-electron chi connectivity index (χ1n) is 9.46. The first-order valence-corrected chi connectivity index (χ1v) is 11.3. The van der Waals surface area contributed by atoms with E-state index in [1.165, 1.54) is 12.1 Å². The molecule has 164 valence electrons. The van der Waals surface area contributed by atoms with E-state index < -0.39 is 22.5 Å². The highest BCUT2D eigenvalue weighted by atomic mass is 35.5. The Balaban J connectivity index is 1.81. The zero-order chi connectivity index (χ0) is 23.0. The molecule has 0 radical (unpaired) electrons. The molecule has 1 N–H and O–H groups in total. The predicted molar refractivity (Wildman–Crippen MR) is 120 cm³/mol. The summed E-state index contributed by atoms with van der Waals surface area (Å²) < 4.78 is 29.3. The van der Waals surface area contributed by atoms with Crippen LogP contribution >= 0.6 is 11.6 Å². The number of carbonyl (C=O) groups is 1. The van der Waals surface area contributed by atoms with Crippen LogP contribution in [-0.2, 0) is 14.8 Å². The monoisotopic (exact) mass is 471 g/mol. The van der Waals surface area contributed by atoms with Gasteiger partial charge >= 0.3 is 5.97 Å². The molecule has 9 nitrogen and oxygen atoms in total. The number of hydrogen-bond acceptors (Lipinski definition) is 6. The topological polar surface area (TPSA) is 118 Å². The van der Waals surface area contributed by atoms with Gasteiger partial charge in [0.25, 0.3) is 10.0 Å². The molecule has 0 spiro atoms. The van der Waals surface area contributed by atoms with Crippen molar-refractivity contribution in [2.45, 2.75) is 18.7 Å². The van der Waals surface area contributed by atoms with E-state index in [4.69, 9.17) is 11.6 Å². The molecule has 1 aromatic carbocycles. The van der Waals surface area contributed by atoms with Gasteiger partial charge in [-0.25, -0.2) is 13.4 Å². The molecule has 0 aliphatic carbocycles. The van der Waals surface area contributed by atoms with E-state index >= 15 is 0 Å². The number of aromatic nitrogens is 4. The molecule has 3 heterocycles. The number of rotatable bonds is 6. The Morgan fingerprint density at radius 1 is 1.06 bits per heavy atom. The number of halogens is 1. The molecule has 4 aromatic rings. The first-order chi connectivity index (χ1) is 15.1. The summed E-state index contributed by atoms with van der Waals surface area (Å²) in [4.78, 5) is 15.3. The number of nitrogens with zero attached hydrogens (tertiary/aromatic N) is 5. The second-order valence-corrected chi connectivity index (χ2v) is 9.38. The smallest absolute Gasteiger partial charge is 0.324 e. The summed E-state index contributed by atoms with van der Waals surface area (Å²) in [7, 11) is -4.21. The van der Waals surface area contributed by atoms with Crippen LogP contribution in [0.25, 0.3) is 16.7 Å². The van der Waals surface area contributed by atoms with Gasteiger partial charge < -0.3 is 5.11 Å². The van der Waals surface area contributed by atoms with Gasteiger partial charge in [-0.05, 0) is 62.4 Å². The molecule has 0 fully saturated rings. The summed E-state index contributed by atoms with van der Waals surface area (Å²) in [6.07, 6.45) is 1.79. The van der Waals surface area contributed by atoms with Gasteiger partial charge in [-0.3, -0.25) is 13.7 Å². The second kappa shape index (κ2) is 8.21. The summed E-state index contributed by atoms with van der Waals surface area (Å²) in [6.45, 7) is 2.69. The lowest BCUT2D eigenvalue weighted by Crippen LogP contribution is -2.35. The average Bonchev–Trinajstić information content (AvgIpc) is 3.15. The molecule has 0 aliphatic rings. The van der Waals surface area contributed by atoms with Gasteiger partial charge in [0.2, 0.25) is 0 Å². The molecule has 4 rings (SSSR count). The standard InChI is InChI=1S/C21H18ClN5O4S/c1-13-3-6-20(25-24-13)26-8-7-15-10-16(4-5-18(15)26)27(12-21(28)29)32(30,31)17-9-14(2)23-19(22)11-17/h3-11H,12H2,1-2H3,(H,28,29). The van der Waals surface area contributed by atoms with Gasteiger partial charge in [0, 0.05) is 17.3 Å².